The average molecular weight is 253 g/mol. The molecule has 8 heteroatoms. The van der Waals surface area contributed by atoms with Gasteiger partial charge in [0.2, 0.25) is 0 Å². The minimum Gasteiger partial charge on any atom is -0.465 e. The maximum absolute atomic E-state index is 12.1. The first-order valence-corrected chi connectivity index (χ1v) is 4.81. The van der Waals surface area contributed by atoms with Crippen LogP contribution in [0.4, 0.5) is 23.7 Å². The Balaban J connectivity index is 3.15. The molecule has 0 saturated carbocycles. The molecule has 4 nitrogen and oxygen atoms in total. The summed E-state index contributed by atoms with van der Waals surface area (Å²) in [5.74, 6) is -2.05. The number of carbonyl (C=O) groups is 2. The Kier molecular flexibility index (Phi) is 3.22. The topological polar surface area (TPSA) is 66.4 Å². The number of aryl methyl sites for hydroxylation is 1. The second-order valence-electron chi connectivity index (χ2n) is 2.88. The van der Waals surface area contributed by atoms with Crippen molar-refractivity contribution in [1.82, 2.24) is 0 Å². The molecule has 88 valence electrons. The number of rotatable bonds is 2. The Bertz CT molecular complexity index is 438. The molecule has 1 aromatic heterocycles. The number of halogens is 3. The molecule has 0 fully saturated rings. The van der Waals surface area contributed by atoms with Gasteiger partial charge in [-0.25, -0.2) is 4.79 Å². The summed E-state index contributed by atoms with van der Waals surface area (Å²) in [6.45, 7) is 1.41. The van der Waals surface area contributed by atoms with E-state index in [0.29, 0.717) is 11.3 Å². The number of hydrogen-bond donors (Lipinski definition) is 2. The van der Waals surface area contributed by atoms with Gasteiger partial charge >= 0.3 is 12.3 Å². The highest BCUT2D eigenvalue weighted by Gasteiger charge is 2.41. The normalized spacial score (nSPS) is 11.2. The van der Waals surface area contributed by atoms with Gasteiger partial charge in [0.1, 0.15) is 4.88 Å². The van der Waals surface area contributed by atoms with E-state index in [-0.39, 0.29) is 11.3 Å². The molecule has 0 spiro atoms. The molecule has 1 amide bonds. The molecule has 16 heavy (non-hydrogen) atoms. The largest absolute Gasteiger partial charge is 0.465 e. The van der Waals surface area contributed by atoms with Gasteiger partial charge in [0.25, 0.3) is 5.78 Å². The predicted molar refractivity (Wildman–Crippen MR) is 51.1 cm³/mol. The zero-order valence-corrected chi connectivity index (χ0v) is 8.70. The third-order valence-electron chi connectivity index (χ3n) is 1.67. The van der Waals surface area contributed by atoms with Crippen LogP contribution in [0.5, 0.6) is 0 Å². The highest BCUT2D eigenvalue weighted by molar-refractivity contribution is 7.13. The molecular weight excluding hydrogens is 247 g/mol. The number of ketones is 1. The number of alkyl halides is 3. The van der Waals surface area contributed by atoms with Crippen molar-refractivity contribution in [3.8, 4) is 0 Å². The molecule has 0 radical (unpaired) electrons. The first kappa shape index (κ1) is 12.5. The fourth-order valence-corrected chi connectivity index (χ4v) is 1.97. The van der Waals surface area contributed by atoms with Crippen molar-refractivity contribution in [2.24, 2.45) is 0 Å². The minimum absolute atomic E-state index is 0.278. The van der Waals surface area contributed by atoms with Gasteiger partial charge in [-0.2, -0.15) is 13.2 Å². The van der Waals surface area contributed by atoms with Gasteiger partial charge in [-0.3, -0.25) is 10.1 Å². The fourth-order valence-electron chi connectivity index (χ4n) is 1.00. The van der Waals surface area contributed by atoms with Crippen molar-refractivity contribution in [3.05, 3.63) is 15.8 Å². The summed E-state index contributed by atoms with van der Waals surface area (Å²) in [6, 6.07) is 0. The van der Waals surface area contributed by atoms with Crippen LogP contribution in [-0.2, 0) is 0 Å². The van der Waals surface area contributed by atoms with Crippen molar-refractivity contribution in [1.29, 1.82) is 0 Å². The standard InChI is InChI=1S/C8H6F3NO3S/c1-3-2-16-5(4(3)12-7(14)15)6(13)8(9,10)11/h2,12H,1H3,(H,14,15). The van der Waals surface area contributed by atoms with Crippen molar-refractivity contribution in [2.45, 2.75) is 13.1 Å². The van der Waals surface area contributed by atoms with Crippen LogP contribution in [0.3, 0.4) is 0 Å². The lowest BCUT2D eigenvalue weighted by molar-refractivity contribution is -0.0882. The SMILES string of the molecule is Cc1csc(C(=O)C(F)(F)F)c1NC(=O)O. The van der Waals surface area contributed by atoms with Crippen LogP contribution in [0.15, 0.2) is 5.38 Å². The van der Waals surface area contributed by atoms with Crippen LogP contribution in [0.1, 0.15) is 15.2 Å². The zero-order valence-electron chi connectivity index (χ0n) is 7.88. The summed E-state index contributed by atoms with van der Waals surface area (Å²) in [7, 11) is 0. The quantitative estimate of drug-likeness (QED) is 0.796. The highest BCUT2D eigenvalue weighted by Crippen LogP contribution is 2.33. The molecule has 1 heterocycles. The third-order valence-corrected chi connectivity index (χ3v) is 2.77. The van der Waals surface area contributed by atoms with Crippen LogP contribution >= 0.6 is 11.3 Å². The van der Waals surface area contributed by atoms with E-state index in [1.807, 2.05) is 0 Å². The van der Waals surface area contributed by atoms with Gasteiger partial charge in [-0.1, -0.05) is 0 Å². The first-order chi connectivity index (χ1) is 7.23. The number of anilines is 1. The van der Waals surface area contributed by atoms with E-state index in [2.05, 4.69) is 0 Å². The summed E-state index contributed by atoms with van der Waals surface area (Å²) < 4.78 is 36.4. The molecule has 1 rings (SSSR count). The highest BCUT2D eigenvalue weighted by atomic mass is 32.1. The van der Waals surface area contributed by atoms with Crippen LogP contribution in [0.2, 0.25) is 0 Å². The van der Waals surface area contributed by atoms with Gasteiger partial charge < -0.3 is 5.11 Å². The lowest BCUT2D eigenvalue weighted by Gasteiger charge is -2.06. The summed E-state index contributed by atoms with van der Waals surface area (Å²) >= 11 is 0.558. The van der Waals surface area contributed by atoms with Crippen molar-refractivity contribution < 1.29 is 27.9 Å². The molecule has 1 aromatic rings. The monoisotopic (exact) mass is 253 g/mol. The molecular formula is C8H6F3NO3S. The number of hydrogen-bond acceptors (Lipinski definition) is 3. The van der Waals surface area contributed by atoms with E-state index in [1.165, 1.54) is 12.3 Å². The number of carboxylic acid groups (broad SMARTS) is 1. The molecule has 0 saturated heterocycles. The van der Waals surface area contributed by atoms with E-state index in [1.54, 1.807) is 5.32 Å². The van der Waals surface area contributed by atoms with Crippen LogP contribution < -0.4 is 5.32 Å². The molecule has 0 unspecified atom stereocenters. The molecule has 0 bridgehead atoms. The number of amides is 1. The lowest BCUT2D eigenvalue weighted by atomic mass is 10.2. The van der Waals surface area contributed by atoms with Gasteiger partial charge in [0, 0.05) is 0 Å². The van der Waals surface area contributed by atoms with Gasteiger partial charge in [0.05, 0.1) is 5.69 Å². The first-order valence-electron chi connectivity index (χ1n) is 3.93. The van der Waals surface area contributed by atoms with Gasteiger partial charge in [0.15, 0.2) is 0 Å². The zero-order chi connectivity index (χ0) is 12.5. The van der Waals surface area contributed by atoms with Gasteiger partial charge in [-0.15, -0.1) is 11.3 Å². The van der Waals surface area contributed by atoms with E-state index >= 15 is 0 Å². The Labute approximate surface area is 91.7 Å². The second-order valence-corrected chi connectivity index (χ2v) is 3.76. The van der Waals surface area contributed by atoms with E-state index in [4.69, 9.17) is 5.11 Å². The maximum Gasteiger partial charge on any atom is 0.455 e. The number of nitrogens with one attached hydrogen (secondary N) is 1. The maximum atomic E-state index is 12.1. The van der Waals surface area contributed by atoms with E-state index in [9.17, 15) is 22.8 Å². The Morgan fingerprint density at radius 1 is 1.44 bits per heavy atom. The van der Waals surface area contributed by atoms with E-state index < -0.39 is 22.9 Å². The Morgan fingerprint density at radius 2 is 2.00 bits per heavy atom. The van der Waals surface area contributed by atoms with Crippen molar-refractivity contribution in [2.75, 3.05) is 5.32 Å². The molecule has 0 aliphatic carbocycles. The Hall–Kier alpha value is -1.57. The van der Waals surface area contributed by atoms with E-state index in [0.717, 1.165) is 0 Å². The molecule has 2 N–H and O–H groups in total. The van der Waals surface area contributed by atoms with Crippen LogP contribution in [-0.4, -0.2) is 23.2 Å². The Morgan fingerprint density at radius 3 is 2.44 bits per heavy atom. The lowest BCUT2D eigenvalue weighted by Crippen LogP contribution is -2.23. The average Bonchev–Trinajstić information content (AvgIpc) is 2.45. The summed E-state index contributed by atoms with van der Waals surface area (Å²) in [5.41, 5.74) is -0.0279. The molecule has 0 aliphatic heterocycles. The fraction of sp³-hybridized carbons (Fsp3) is 0.250. The smallest absolute Gasteiger partial charge is 0.455 e. The number of thiophene rings is 1. The summed E-state index contributed by atoms with van der Waals surface area (Å²) in [4.78, 5) is 20.6. The van der Waals surface area contributed by atoms with Crippen molar-refractivity contribution in [3.63, 3.8) is 0 Å². The molecule has 0 aliphatic rings. The third kappa shape index (κ3) is 2.51. The number of carbonyl (C=O) groups excluding carboxylic acids is 1. The summed E-state index contributed by atoms with van der Waals surface area (Å²) in [6.07, 6.45) is -6.52. The minimum atomic E-state index is -5.01. The molecule has 0 aromatic carbocycles. The van der Waals surface area contributed by atoms with Crippen LogP contribution in [0.25, 0.3) is 0 Å². The predicted octanol–water partition coefficient (Wildman–Crippen LogP) is 2.89. The second kappa shape index (κ2) is 4.12. The van der Waals surface area contributed by atoms with Crippen molar-refractivity contribution >= 4 is 28.9 Å². The molecule has 0 atom stereocenters. The van der Waals surface area contributed by atoms with Gasteiger partial charge in [-0.05, 0) is 17.9 Å². The number of Topliss-reactive ketones (excluding diaryl/α,β-unsaturated/α-hetero) is 1. The van der Waals surface area contributed by atoms with Crippen LogP contribution in [0, 0.1) is 6.92 Å². The summed E-state index contributed by atoms with van der Waals surface area (Å²) in [5, 5.41) is 11.5.